The van der Waals surface area contributed by atoms with Crippen molar-refractivity contribution in [2.24, 2.45) is 0 Å². The Hall–Kier alpha value is -4.12. The highest BCUT2D eigenvalue weighted by atomic mass is 16.5. The van der Waals surface area contributed by atoms with Crippen molar-refractivity contribution in [1.82, 2.24) is 20.2 Å². The quantitative estimate of drug-likeness (QED) is 0.224. The van der Waals surface area contributed by atoms with E-state index in [4.69, 9.17) is 5.21 Å². The number of hydrogen-bond donors (Lipinski definition) is 6. The van der Waals surface area contributed by atoms with Crippen LogP contribution in [0.2, 0.25) is 0 Å². The minimum Gasteiger partial charge on any atom is -0.508 e. The summed E-state index contributed by atoms with van der Waals surface area (Å²) in [5.41, 5.74) is 2.79. The zero-order chi connectivity index (χ0) is 24.1. The Bertz CT molecular complexity index is 1210. The van der Waals surface area contributed by atoms with E-state index in [1.165, 1.54) is 16.1 Å². The van der Waals surface area contributed by atoms with Gasteiger partial charge in [0, 0.05) is 24.6 Å². The number of nitrogens with zero attached hydrogens (tertiary/aromatic N) is 2. The Labute approximate surface area is 188 Å². The lowest BCUT2D eigenvalue weighted by Gasteiger charge is -2.13. The topological polar surface area (TPSA) is 170 Å². The number of aromatic nitrogens is 3. The molecule has 1 aromatic heterocycles. The highest BCUT2D eigenvalue weighted by molar-refractivity contribution is 5.91. The zero-order valence-electron chi connectivity index (χ0n) is 18.1. The van der Waals surface area contributed by atoms with Crippen LogP contribution < -0.4 is 16.5 Å². The summed E-state index contributed by atoms with van der Waals surface area (Å²) in [7, 11) is 0. The van der Waals surface area contributed by atoms with Gasteiger partial charge in [-0.15, -0.1) is 0 Å². The maximum absolute atomic E-state index is 12.5. The van der Waals surface area contributed by atoms with Crippen LogP contribution in [-0.2, 0) is 9.59 Å². The van der Waals surface area contributed by atoms with Crippen LogP contribution in [0, 0.1) is 0 Å². The Kier molecular flexibility index (Phi) is 7.13. The molecule has 11 heteroatoms. The van der Waals surface area contributed by atoms with Gasteiger partial charge >= 0.3 is 5.69 Å². The van der Waals surface area contributed by atoms with E-state index in [1.807, 2.05) is 13.8 Å². The van der Waals surface area contributed by atoms with Crippen molar-refractivity contribution in [3.8, 4) is 28.6 Å². The molecule has 3 rings (SSSR count). The van der Waals surface area contributed by atoms with Gasteiger partial charge in [0.05, 0.1) is 11.3 Å². The van der Waals surface area contributed by atoms with Crippen molar-refractivity contribution in [2.45, 2.75) is 39.0 Å². The first-order valence-electron chi connectivity index (χ1n) is 10.3. The van der Waals surface area contributed by atoms with Crippen molar-refractivity contribution >= 4 is 17.5 Å². The molecule has 0 fully saturated rings. The second-order valence-electron chi connectivity index (χ2n) is 7.75. The lowest BCUT2D eigenvalue weighted by atomic mass is 9.98. The number of aromatic hydroxyl groups is 2. The predicted octanol–water partition coefficient (Wildman–Crippen LogP) is 2.38. The van der Waals surface area contributed by atoms with Gasteiger partial charge in [-0.2, -0.15) is 5.10 Å². The van der Waals surface area contributed by atoms with Gasteiger partial charge in [-0.3, -0.25) is 14.8 Å². The van der Waals surface area contributed by atoms with Crippen molar-refractivity contribution in [1.29, 1.82) is 0 Å². The number of benzene rings is 2. The molecule has 33 heavy (non-hydrogen) atoms. The molecule has 2 aromatic carbocycles. The van der Waals surface area contributed by atoms with Crippen molar-refractivity contribution in [2.75, 3.05) is 5.32 Å². The van der Waals surface area contributed by atoms with E-state index >= 15 is 0 Å². The van der Waals surface area contributed by atoms with E-state index in [-0.39, 0.29) is 54.0 Å². The summed E-state index contributed by atoms with van der Waals surface area (Å²) in [6, 6.07) is 9.23. The minimum atomic E-state index is -0.561. The number of phenolic OH excluding ortho intramolecular Hbond substituents is 2. The fourth-order valence-electron chi connectivity index (χ4n) is 3.34. The lowest BCUT2D eigenvalue weighted by Crippen LogP contribution is -2.19. The van der Waals surface area contributed by atoms with Crippen molar-refractivity contribution < 1.29 is 25.0 Å². The van der Waals surface area contributed by atoms with E-state index in [1.54, 1.807) is 30.3 Å². The molecule has 11 nitrogen and oxygen atoms in total. The normalized spacial score (nSPS) is 10.9. The fraction of sp³-hybridized carbons (Fsp3) is 0.273. The molecule has 0 aliphatic carbocycles. The summed E-state index contributed by atoms with van der Waals surface area (Å²) < 4.78 is 1.27. The molecule has 3 aromatic rings. The van der Waals surface area contributed by atoms with E-state index in [0.717, 1.165) is 0 Å². The monoisotopic (exact) mass is 455 g/mol. The first-order valence-corrected chi connectivity index (χ1v) is 10.3. The summed E-state index contributed by atoms with van der Waals surface area (Å²) in [4.78, 5) is 35.5. The summed E-state index contributed by atoms with van der Waals surface area (Å²) >= 11 is 0. The van der Waals surface area contributed by atoms with Gasteiger partial charge in [-0.25, -0.2) is 19.9 Å². The van der Waals surface area contributed by atoms with E-state index in [9.17, 15) is 24.6 Å². The number of amides is 2. The number of hydroxylamine groups is 1. The van der Waals surface area contributed by atoms with Gasteiger partial charge in [-0.05, 0) is 48.2 Å². The lowest BCUT2D eigenvalue weighted by molar-refractivity contribution is -0.129. The van der Waals surface area contributed by atoms with Crippen molar-refractivity contribution in [3.05, 3.63) is 52.4 Å². The molecule has 0 aliphatic heterocycles. The maximum atomic E-state index is 12.5. The summed E-state index contributed by atoms with van der Waals surface area (Å²) in [6.45, 7) is 3.78. The van der Waals surface area contributed by atoms with Gasteiger partial charge in [-0.1, -0.05) is 13.8 Å². The van der Waals surface area contributed by atoms with Crippen LogP contribution in [0.4, 0.5) is 5.69 Å². The number of nitrogens with one attached hydrogen (secondary N) is 3. The first kappa shape index (κ1) is 23.5. The van der Waals surface area contributed by atoms with Gasteiger partial charge in [0.25, 0.3) is 0 Å². The standard InChI is InChI=1S/C22H25N5O6/c1-12(2)15-10-16(18(29)11-17(15)28)21-24-25-22(32)27(21)14-8-6-13(7-9-14)23-19(30)4-3-5-20(31)26-33/h6-12,28-29,33H,3-5H2,1-2H3,(H,23,30)(H,25,32)(H,26,31). The van der Waals surface area contributed by atoms with Crippen LogP contribution in [0.3, 0.4) is 0 Å². The molecular weight excluding hydrogens is 430 g/mol. The molecule has 0 aliphatic rings. The van der Waals surface area contributed by atoms with Gasteiger partial charge in [0.2, 0.25) is 11.8 Å². The average Bonchev–Trinajstić information content (AvgIpc) is 3.15. The van der Waals surface area contributed by atoms with E-state index in [0.29, 0.717) is 16.9 Å². The minimum absolute atomic E-state index is 0.0237. The Morgan fingerprint density at radius 1 is 1.06 bits per heavy atom. The molecule has 174 valence electrons. The fourth-order valence-corrected chi connectivity index (χ4v) is 3.34. The van der Waals surface area contributed by atoms with Crippen LogP contribution in [0.15, 0.2) is 41.2 Å². The summed E-state index contributed by atoms with van der Waals surface area (Å²) in [5.74, 6) is -0.995. The number of aromatic amines is 1. The zero-order valence-corrected chi connectivity index (χ0v) is 18.1. The number of carbonyl (C=O) groups excluding carboxylic acids is 2. The van der Waals surface area contributed by atoms with Crippen LogP contribution >= 0.6 is 0 Å². The summed E-state index contributed by atoms with van der Waals surface area (Å²) in [5, 5.41) is 38.0. The number of anilines is 1. The molecular formula is C22H25N5O6. The van der Waals surface area contributed by atoms with Crippen LogP contribution in [-0.4, -0.2) is 42.0 Å². The Balaban J connectivity index is 1.83. The first-order chi connectivity index (χ1) is 15.7. The molecule has 0 atom stereocenters. The van der Waals surface area contributed by atoms with Crippen LogP contribution in [0.25, 0.3) is 17.1 Å². The van der Waals surface area contributed by atoms with Crippen LogP contribution in [0.1, 0.15) is 44.6 Å². The molecule has 0 saturated carbocycles. The maximum Gasteiger partial charge on any atom is 0.348 e. The number of phenols is 2. The van der Waals surface area contributed by atoms with E-state index in [2.05, 4.69) is 15.5 Å². The Morgan fingerprint density at radius 3 is 2.36 bits per heavy atom. The largest absolute Gasteiger partial charge is 0.508 e. The number of rotatable bonds is 8. The second-order valence-corrected chi connectivity index (χ2v) is 7.75. The summed E-state index contributed by atoms with van der Waals surface area (Å²) in [6.07, 6.45) is 0.398. The third kappa shape index (κ3) is 5.39. The highest BCUT2D eigenvalue weighted by Crippen LogP contribution is 2.37. The molecule has 2 amide bonds. The third-order valence-electron chi connectivity index (χ3n) is 5.02. The van der Waals surface area contributed by atoms with Gasteiger partial charge < -0.3 is 15.5 Å². The number of H-pyrrole nitrogens is 1. The molecule has 6 N–H and O–H groups in total. The highest BCUT2D eigenvalue weighted by Gasteiger charge is 2.19. The smallest absolute Gasteiger partial charge is 0.348 e. The van der Waals surface area contributed by atoms with Crippen molar-refractivity contribution in [3.63, 3.8) is 0 Å². The van der Waals surface area contributed by atoms with Gasteiger partial charge in [0.1, 0.15) is 11.5 Å². The van der Waals surface area contributed by atoms with E-state index < -0.39 is 11.6 Å². The number of carbonyl (C=O) groups is 2. The molecule has 0 bridgehead atoms. The predicted molar refractivity (Wildman–Crippen MR) is 119 cm³/mol. The van der Waals surface area contributed by atoms with Gasteiger partial charge in [0.15, 0.2) is 5.82 Å². The molecule has 0 spiro atoms. The number of hydrogen-bond acceptors (Lipinski definition) is 7. The van der Waals surface area contributed by atoms with Crippen LogP contribution in [0.5, 0.6) is 11.5 Å². The average molecular weight is 455 g/mol. The Morgan fingerprint density at radius 2 is 1.73 bits per heavy atom. The molecule has 0 unspecified atom stereocenters. The SMILES string of the molecule is CC(C)c1cc(-c2n[nH]c(=O)n2-c2ccc(NC(=O)CCCC(=O)NO)cc2)c(O)cc1O. The molecule has 0 saturated heterocycles. The molecule has 1 heterocycles. The second kappa shape index (κ2) is 10.0. The molecule has 0 radical (unpaired) electrons. The third-order valence-corrected chi connectivity index (χ3v) is 5.02.